The van der Waals surface area contributed by atoms with Crippen LogP contribution in [-0.2, 0) is 6.54 Å². The summed E-state index contributed by atoms with van der Waals surface area (Å²) >= 11 is 0. The average Bonchev–Trinajstić information content (AvgIpc) is 2.71. The number of likely N-dealkylation sites (N-methyl/N-ethyl adjacent to an activating group) is 1. The van der Waals surface area contributed by atoms with Crippen LogP contribution in [0.15, 0.2) is 42.6 Å². The quantitative estimate of drug-likeness (QED) is 0.880. The SMILES string of the molecule is CCN1CCN(C(=O)c2ccnc(C(=O)NCc3cccc(C)c3)c2)CC1. The Morgan fingerprint density at radius 2 is 1.89 bits per heavy atom. The molecule has 2 amide bonds. The Morgan fingerprint density at radius 3 is 2.59 bits per heavy atom. The van der Waals surface area contributed by atoms with E-state index in [-0.39, 0.29) is 17.5 Å². The third kappa shape index (κ3) is 4.92. The second-order valence-corrected chi connectivity index (χ2v) is 6.83. The molecule has 2 aromatic rings. The van der Waals surface area contributed by atoms with Crippen molar-refractivity contribution < 1.29 is 9.59 Å². The standard InChI is InChI=1S/C21H26N4O2/c1-3-24-9-11-25(12-10-24)21(27)18-7-8-22-19(14-18)20(26)23-15-17-6-4-5-16(2)13-17/h4-8,13-14H,3,9-12,15H2,1-2H3,(H,23,26). The summed E-state index contributed by atoms with van der Waals surface area (Å²) in [4.78, 5) is 33.5. The maximum Gasteiger partial charge on any atom is 0.270 e. The number of hydrogen-bond acceptors (Lipinski definition) is 4. The van der Waals surface area contributed by atoms with E-state index in [1.165, 1.54) is 6.20 Å². The molecule has 6 heteroatoms. The number of benzene rings is 1. The Morgan fingerprint density at radius 1 is 1.11 bits per heavy atom. The monoisotopic (exact) mass is 366 g/mol. The molecule has 0 bridgehead atoms. The summed E-state index contributed by atoms with van der Waals surface area (Å²) in [5, 5.41) is 2.87. The predicted octanol–water partition coefficient (Wildman–Crippen LogP) is 2.10. The fourth-order valence-electron chi connectivity index (χ4n) is 3.23. The van der Waals surface area contributed by atoms with Crippen LogP contribution in [0, 0.1) is 6.92 Å². The van der Waals surface area contributed by atoms with Crippen LogP contribution in [0.1, 0.15) is 38.9 Å². The van der Waals surface area contributed by atoms with Crippen LogP contribution < -0.4 is 5.32 Å². The van der Waals surface area contributed by atoms with Gasteiger partial charge in [-0.15, -0.1) is 0 Å². The van der Waals surface area contributed by atoms with Crippen molar-refractivity contribution in [2.45, 2.75) is 20.4 Å². The third-order valence-electron chi connectivity index (χ3n) is 4.88. The molecular formula is C21H26N4O2. The molecule has 142 valence electrons. The van der Waals surface area contributed by atoms with Gasteiger partial charge in [0, 0.05) is 44.5 Å². The lowest BCUT2D eigenvalue weighted by Crippen LogP contribution is -2.48. The molecule has 3 rings (SSSR count). The molecule has 27 heavy (non-hydrogen) atoms. The van der Waals surface area contributed by atoms with Crippen molar-refractivity contribution in [2.75, 3.05) is 32.7 Å². The number of hydrogen-bond donors (Lipinski definition) is 1. The van der Waals surface area contributed by atoms with Crippen LogP contribution >= 0.6 is 0 Å². The number of carbonyl (C=O) groups excluding carboxylic acids is 2. The number of piperazine rings is 1. The Bertz CT molecular complexity index is 813. The second kappa shape index (κ2) is 8.77. The van der Waals surface area contributed by atoms with Gasteiger partial charge in [0.05, 0.1) is 0 Å². The van der Waals surface area contributed by atoms with E-state index < -0.39 is 0 Å². The molecule has 1 aromatic carbocycles. The first-order valence-corrected chi connectivity index (χ1v) is 9.38. The van der Waals surface area contributed by atoms with E-state index in [0.717, 1.165) is 30.8 Å². The maximum absolute atomic E-state index is 12.7. The van der Waals surface area contributed by atoms with Gasteiger partial charge in [0.25, 0.3) is 11.8 Å². The minimum atomic E-state index is -0.276. The smallest absolute Gasteiger partial charge is 0.270 e. The van der Waals surface area contributed by atoms with Crippen molar-refractivity contribution >= 4 is 11.8 Å². The Kier molecular flexibility index (Phi) is 6.19. The highest BCUT2D eigenvalue weighted by molar-refractivity contribution is 5.98. The van der Waals surface area contributed by atoms with Gasteiger partial charge in [-0.3, -0.25) is 14.6 Å². The molecule has 1 aromatic heterocycles. The molecule has 6 nitrogen and oxygen atoms in total. The zero-order chi connectivity index (χ0) is 19.2. The Hall–Kier alpha value is -2.73. The van der Waals surface area contributed by atoms with Crippen LogP contribution in [0.2, 0.25) is 0 Å². The molecule has 1 saturated heterocycles. The van der Waals surface area contributed by atoms with Crippen molar-refractivity contribution in [1.29, 1.82) is 0 Å². The molecule has 0 spiro atoms. The molecule has 0 unspecified atom stereocenters. The van der Waals surface area contributed by atoms with Crippen LogP contribution in [0.3, 0.4) is 0 Å². The van der Waals surface area contributed by atoms with Crippen molar-refractivity contribution in [3.05, 3.63) is 65.0 Å². The van der Waals surface area contributed by atoms with Crippen molar-refractivity contribution in [3.63, 3.8) is 0 Å². The number of pyridine rings is 1. The normalized spacial score (nSPS) is 14.8. The van der Waals surface area contributed by atoms with Gasteiger partial charge in [-0.1, -0.05) is 36.8 Å². The van der Waals surface area contributed by atoms with Gasteiger partial charge in [-0.05, 0) is 31.2 Å². The first kappa shape index (κ1) is 19.0. The van der Waals surface area contributed by atoms with Crippen LogP contribution in [0.25, 0.3) is 0 Å². The summed E-state index contributed by atoms with van der Waals surface area (Å²) in [7, 11) is 0. The zero-order valence-electron chi connectivity index (χ0n) is 15.9. The first-order valence-electron chi connectivity index (χ1n) is 9.38. The van der Waals surface area contributed by atoms with E-state index in [2.05, 4.69) is 22.1 Å². The predicted molar refractivity (Wildman–Crippen MR) is 105 cm³/mol. The molecule has 0 radical (unpaired) electrons. The lowest BCUT2D eigenvalue weighted by molar-refractivity contribution is 0.0643. The minimum absolute atomic E-state index is 0.0408. The molecule has 1 fully saturated rings. The summed E-state index contributed by atoms with van der Waals surface area (Å²) in [6, 6.07) is 11.2. The fraction of sp³-hybridized carbons (Fsp3) is 0.381. The van der Waals surface area contributed by atoms with E-state index in [1.54, 1.807) is 12.1 Å². The summed E-state index contributed by atoms with van der Waals surface area (Å²) in [6.45, 7) is 8.77. The second-order valence-electron chi connectivity index (χ2n) is 6.83. The molecule has 1 N–H and O–H groups in total. The molecule has 1 aliphatic heterocycles. The number of rotatable bonds is 5. The average molecular weight is 366 g/mol. The lowest BCUT2D eigenvalue weighted by Gasteiger charge is -2.34. The van der Waals surface area contributed by atoms with Crippen molar-refractivity contribution in [2.24, 2.45) is 0 Å². The van der Waals surface area contributed by atoms with E-state index in [9.17, 15) is 9.59 Å². The van der Waals surface area contributed by atoms with E-state index in [4.69, 9.17) is 0 Å². The Balaban J connectivity index is 1.62. The highest BCUT2D eigenvalue weighted by Crippen LogP contribution is 2.10. The van der Waals surface area contributed by atoms with Crippen molar-refractivity contribution in [1.82, 2.24) is 20.1 Å². The zero-order valence-corrected chi connectivity index (χ0v) is 15.9. The summed E-state index contributed by atoms with van der Waals surface area (Å²) in [5.74, 6) is -0.317. The van der Waals surface area contributed by atoms with Crippen LogP contribution in [0.4, 0.5) is 0 Å². The Labute approximate surface area is 160 Å². The lowest BCUT2D eigenvalue weighted by atomic mass is 10.1. The van der Waals surface area contributed by atoms with Crippen LogP contribution in [-0.4, -0.2) is 59.3 Å². The fourth-order valence-corrected chi connectivity index (χ4v) is 3.23. The maximum atomic E-state index is 12.7. The minimum Gasteiger partial charge on any atom is -0.347 e. The molecule has 2 heterocycles. The van der Waals surface area contributed by atoms with Gasteiger partial charge in [0.15, 0.2) is 0 Å². The highest BCUT2D eigenvalue weighted by atomic mass is 16.2. The number of nitrogens with one attached hydrogen (secondary N) is 1. The molecule has 1 aliphatic rings. The van der Waals surface area contributed by atoms with Gasteiger partial charge in [-0.25, -0.2) is 0 Å². The number of carbonyl (C=O) groups is 2. The summed E-state index contributed by atoms with van der Waals surface area (Å²) < 4.78 is 0. The van der Waals surface area contributed by atoms with E-state index in [1.807, 2.05) is 36.1 Å². The molecule has 0 saturated carbocycles. The van der Waals surface area contributed by atoms with E-state index >= 15 is 0 Å². The molecular weight excluding hydrogens is 340 g/mol. The first-order chi connectivity index (χ1) is 13.1. The number of aromatic nitrogens is 1. The number of aryl methyl sites for hydroxylation is 1. The molecule has 0 aliphatic carbocycles. The molecule has 0 atom stereocenters. The largest absolute Gasteiger partial charge is 0.347 e. The highest BCUT2D eigenvalue weighted by Gasteiger charge is 2.22. The van der Waals surface area contributed by atoms with Crippen LogP contribution in [0.5, 0.6) is 0 Å². The van der Waals surface area contributed by atoms with E-state index in [0.29, 0.717) is 25.2 Å². The third-order valence-corrected chi connectivity index (χ3v) is 4.88. The van der Waals surface area contributed by atoms with Gasteiger partial charge in [0.2, 0.25) is 0 Å². The van der Waals surface area contributed by atoms with Gasteiger partial charge in [0.1, 0.15) is 5.69 Å². The van der Waals surface area contributed by atoms with Crippen molar-refractivity contribution in [3.8, 4) is 0 Å². The van der Waals surface area contributed by atoms with Gasteiger partial charge in [-0.2, -0.15) is 0 Å². The summed E-state index contributed by atoms with van der Waals surface area (Å²) in [5.41, 5.74) is 2.95. The topological polar surface area (TPSA) is 65.5 Å². The van der Waals surface area contributed by atoms with Gasteiger partial charge >= 0.3 is 0 Å². The summed E-state index contributed by atoms with van der Waals surface area (Å²) in [6.07, 6.45) is 1.52. The number of nitrogens with zero attached hydrogens (tertiary/aromatic N) is 3. The number of amides is 2. The van der Waals surface area contributed by atoms with Gasteiger partial charge < -0.3 is 15.1 Å².